The van der Waals surface area contributed by atoms with Gasteiger partial charge in [-0.15, -0.1) is 0 Å². The largest absolute Gasteiger partial charge is 0.497 e. The van der Waals surface area contributed by atoms with Crippen LogP contribution in [0.25, 0.3) is 10.9 Å². The minimum Gasteiger partial charge on any atom is -0.497 e. The van der Waals surface area contributed by atoms with Crippen LogP contribution in [0.15, 0.2) is 18.2 Å². The molecular weight excluding hydrogens is 356 g/mol. The number of fused-ring (bicyclic) bond motifs is 1. The van der Waals surface area contributed by atoms with Crippen molar-refractivity contribution >= 4 is 17.2 Å². The molecule has 1 aliphatic heterocycles. The van der Waals surface area contributed by atoms with E-state index in [2.05, 4.69) is 22.0 Å². The van der Waals surface area contributed by atoms with Crippen molar-refractivity contribution in [1.82, 2.24) is 10.3 Å². The Kier molecular flexibility index (Phi) is 10.5. The number of hydrogen-bond acceptors (Lipinski definition) is 6. The molecule has 2 heterocycles. The fraction of sp³-hybridized carbons (Fsp3) is 0.545. The maximum atomic E-state index is 10.9. The quantitative estimate of drug-likeness (QED) is 0.785. The van der Waals surface area contributed by atoms with Gasteiger partial charge in [-0.2, -0.15) is 0 Å². The summed E-state index contributed by atoms with van der Waals surface area (Å²) in [6.45, 7) is 8.77. The van der Waals surface area contributed by atoms with Crippen LogP contribution in [0.4, 0.5) is 0 Å². The number of aryl methyl sites for hydroxylation is 2. The maximum absolute atomic E-state index is 10.9. The average molecular weight is 391 g/mol. The molecule has 28 heavy (non-hydrogen) atoms. The van der Waals surface area contributed by atoms with Gasteiger partial charge >= 0.3 is 0 Å². The number of pyridine rings is 1. The highest BCUT2D eigenvalue weighted by Gasteiger charge is 2.26. The zero-order chi connectivity index (χ0) is 21.1. The molecule has 6 heteroatoms. The molecule has 2 aromatic rings. The van der Waals surface area contributed by atoms with Gasteiger partial charge in [-0.25, -0.2) is 4.98 Å². The molecule has 2 atom stereocenters. The number of methoxy groups -OCH3 is 2. The Bertz CT molecular complexity index is 749. The Labute approximate surface area is 168 Å². The summed E-state index contributed by atoms with van der Waals surface area (Å²) in [5.74, 6) is 1.65. The van der Waals surface area contributed by atoms with Crippen molar-refractivity contribution in [1.29, 1.82) is 0 Å². The predicted octanol–water partition coefficient (Wildman–Crippen LogP) is 3.71. The molecule has 0 aliphatic carbocycles. The van der Waals surface area contributed by atoms with Crippen LogP contribution in [0.3, 0.4) is 0 Å². The fourth-order valence-electron chi connectivity index (χ4n) is 3.15. The van der Waals surface area contributed by atoms with E-state index in [1.807, 2.05) is 39.0 Å². The Morgan fingerprint density at radius 1 is 1.25 bits per heavy atom. The molecule has 156 valence electrons. The monoisotopic (exact) mass is 390 g/mol. The lowest BCUT2D eigenvalue weighted by Crippen LogP contribution is -2.23. The van der Waals surface area contributed by atoms with E-state index in [1.165, 1.54) is 0 Å². The number of carbonyl (C=O) groups is 1. The summed E-state index contributed by atoms with van der Waals surface area (Å²) in [6.07, 6.45) is 2.49. The van der Waals surface area contributed by atoms with Gasteiger partial charge in [-0.1, -0.05) is 20.8 Å². The first-order chi connectivity index (χ1) is 13.6. The van der Waals surface area contributed by atoms with Crippen molar-refractivity contribution in [2.45, 2.75) is 52.7 Å². The Balaban J connectivity index is 0.000000717. The maximum Gasteiger partial charge on any atom is 0.144 e. The fourth-order valence-corrected chi connectivity index (χ4v) is 3.15. The standard InChI is InChI=1S/C18H22N2O3.C2H6O.C2H6/c1-4-15-16-8-13(22-3)5-6-17(16)20-11(2)18(15)23-14-7-12(10-21)19-9-14;1-3-2;1-2/h5-6,8,10,12,14,19H,4,7,9H2,1-3H3;1-2H3;1-2H3. The molecule has 6 nitrogen and oxygen atoms in total. The second kappa shape index (κ2) is 12.3. The lowest BCUT2D eigenvalue weighted by molar-refractivity contribution is -0.109. The Morgan fingerprint density at radius 2 is 1.93 bits per heavy atom. The number of rotatable bonds is 5. The molecule has 0 amide bonds. The number of aldehydes is 1. The molecule has 1 aromatic carbocycles. The van der Waals surface area contributed by atoms with Crippen molar-refractivity contribution in [3.8, 4) is 11.5 Å². The lowest BCUT2D eigenvalue weighted by Gasteiger charge is -2.19. The van der Waals surface area contributed by atoms with E-state index >= 15 is 0 Å². The third kappa shape index (κ3) is 5.91. The van der Waals surface area contributed by atoms with Crippen molar-refractivity contribution in [2.24, 2.45) is 0 Å². The number of nitrogens with zero attached hydrogens (tertiary/aromatic N) is 1. The van der Waals surface area contributed by atoms with E-state index in [0.717, 1.165) is 46.4 Å². The molecule has 1 fully saturated rings. The van der Waals surface area contributed by atoms with E-state index in [0.29, 0.717) is 13.0 Å². The summed E-state index contributed by atoms with van der Waals surface area (Å²) in [6, 6.07) is 5.79. The second-order valence-corrected chi connectivity index (χ2v) is 6.28. The summed E-state index contributed by atoms with van der Waals surface area (Å²) in [7, 11) is 4.91. The van der Waals surface area contributed by atoms with Gasteiger partial charge in [0.2, 0.25) is 0 Å². The third-order valence-corrected chi connectivity index (χ3v) is 4.35. The first-order valence-electron chi connectivity index (χ1n) is 9.80. The highest BCUT2D eigenvalue weighted by atomic mass is 16.5. The van der Waals surface area contributed by atoms with Gasteiger partial charge in [0, 0.05) is 38.1 Å². The van der Waals surface area contributed by atoms with E-state index in [1.54, 1.807) is 21.3 Å². The number of ether oxygens (including phenoxy) is 3. The van der Waals surface area contributed by atoms with Crippen LogP contribution in [-0.4, -0.2) is 51.3 Å². The Morgan fingerprint density at radius 3 is 2.46 bits per heavy atom. The first kappa shape index (κ1) is 23.9. The average Bonchev–Trinajstić information content (AvgIpc) is 3.18. The summed E-state index contributed by atoms with van der Waals surface area (Å²) < 4.78 is 15.8. The smallest absolute Gasteiger partial charge is 0.144 e. The first-order valence-corrected chi connectivity index (χ1v) is 9.80. The van der Waals surface area contributed by atoms with Crippen molar-refractivity contribution in [2.75, 3.05) is 27.9 Å². The normalized spacial score (nSPS) is 17.8. The lowest BCUT2D eigenvalue weighted by atomic mass is 10.0. The topological polar surface area (TPSA) is 69.7 Å². The van der Waals surface area contributed by atoms with Gasteiger partial charge in [0.15, 0.2) is 0 Å². The highest BCUT2D eigenvalue weighted by molar-refractivity contribution is 5.86. The SMILES string of the molecule is CC.CCc1c(OC2CNC(C=O)C2)c(C)nc2ccc(OC)cc12.COC. The highest BCUT2D eigenvalue weighted by Crippen LogP contribution is 2.33. The van der Waals surface area contributed by atoms with Gasteiger partial charge in [-0.3, -0.25) is 0 Å². The molecule has 3 rings (SSSR count). The minimum absolute atomic E-state index is 0.000872. The zero-order valence-corrected chi connectivity index (χ0v) is 18.2. The van der Waals surface area contributed by atoms with Crippen LogP contribution in [-0.2, 0) is 16.0 Å². The van der Waals surface area contributed by atoms with E-state index in [9.17, 15) is 4.79 Å². The number of nitrogens with one attached hydrogen (secondary N) is 1. The Hall–Kier alpha value is -2.18. The summed E-state index contributed by atoms with van der Waals surface area (Å²) in [4.78, 5) is 15.6. The summed E-state index contributed by atoms with van der Waals surface area (Å²) in [5, 5.41) is 4.22. The summed E-state index contributed by atoms with van der Waals surface area (Å²) >= 11 is 0. The van der Waals surface area contributed by atoms with Crippen LogP contribution < -0.4 is 14.8 Å². The molecule has 0 bridgehead atoms. The van der Waals surface area contributed by atoms with Crippen LogP contribution in [0, 0.1) is 6.92 Å². The number of aromatic nitrogens is 1. The molecule has 0 saturated carbocycles. The third-order valence-electron chi connectivity index (χ3n) is 4.35. The van der Waals surface area contributed by atoms with Gasteiger partial charge in [-0.05, 0) is 31.5 Å². The number of hydrogen-bond donors (Lipinski definition) is 1. The van der Waals surface area contributed by atoms with Crippen LogP contribution >= 0.6 is 0 Å². The molecular formula is C22H34N2O4. The van der Waals surface area contributed by atoms with E-state index < -0.39 is 0 Å². The van der Waals surface area contributed by atoms with E-state index in [4.69, 9.17) is 9.47 Å². The molecule has 0 spiro atoms. The zero-order valence-electron chi connectivity index (χ0n) is 18.2. The van der Waals surface area contributed by atoms with E-state index in [-0.39, 0.29) is 12.1 Å². The second-order valence-electron chi connectivity index (χ2n) is 6.28. The molecule has 0 radical (unpaired) electrons. The van der Waals surface area contributed by atoms with Crippen LogP contribution in [0.2, 0.25) is 0 Å². The van der Waals surface area contributed by atoms with Crippen LogP contribution in [0.5, 0.6) is 11.5 Å². The van der Waals surface area contributed by atoms with Gasteiger partial charge in [0.25, 0.3) is 0 Å². The van der Waals surface area contributed by atoms with Gasteiger partial charge in [0.1, 0.15) is 23.9 Å². The van der Waals surface area contributed by atoms with Crippen molar-refractivity contribution < 1.29 is 19.0 Å². The molecule has 1 N–H and O–H groups in total. The van der Waals surface area contributed by atoms with Crippen molar-refractivity contribution in [3.63, 3.8) is 0 Å². The minimum atomic E-state index is -0.112. The predicted molar refractivity (Wildman–Crippen MR) is 114 cm³/mol. The molecule has 2 unspecified atom stereocenters. The molecule has 1 aromatic heterocycles. The number of carbonyl (C=O) groups excluding carboxylic acids is 1. The van der Waals surface area contributed by atoms with Gasteiger partial charge < -0.3 is 24.3 Å². The van der Waals surface area contributed by atoms with Crippen molar-refractivity contribution in [3.05, 3.63) is 29.5 Å². The molecule has 1 aliphatic rings. The number of benzene rings is 1. The van der Waals surface area contributed by atoms with Gasteiger partial charge in [0.05, 0.1) is 24.4 Å². The molecule has 1 saturated heterocycles. The van der Waals surface area contributed by atoms with Crippen LogP contribution in [0.1, 0.15) is 38.4 Å². The summed E-state index contributed by atoms with van der Waals surface area (Å²) in [5.41, 5.74) is 2.97.